The maximum atomic E-state index is 15.4. The van der Waals surface area contributed by atoms with Gasteiger partial charge in [0.05, 0.1) is 17.9 Å². The molecule has 2 aromatic carbocycles. The molecule has 0 N–H and O–H groups in total. The van der Waals surface area contributed by atoms with Crippen LogP contribution in [0.25, 0.3) is 38.9 Å². The average Bonchev–Trinajstić information content (AvgIpc) is 3.71. The quantitative estimate of drug-likeness (QED) is 0.206. The second-order valence-corrected chi connectivity index (χ2v) is 11.2. The average molecular weight is 615 g/mol. The van der Waals surface area contributed by atoms with Gasteiger partial charge < -0.3 is 14.5 Å². The summed E-state index contributed by atoms with van der Waals surface area (Å²) in [6, 6.07) is 17.2. The third-order valence-corrected chi connectivity index (χ3v) is 8.18. The Balaban J connectivity index is 1.25. The van der Waals surface area contributed by atoms with Gasteiger partial charge in [-0.15, -0.1) is 0 Å². The molecule has 5 heterocycles. The van der Waals surface area contributed by atoms with Crippen molar-refractivity contribution in [3.63, 3.8) is 0 Å². The molecule has 0 spiro atoms. The van der Waals surface area contributed by atoms with E-state index in [1.54, 1.807) is 29.2 Å². The fourth-order valence-corrected chi connectivity index (χ4v) is 5.77. The highest BCUT2D eigenvalue weighted by Crippen LogP contribution is 2.38. The standard InChI is InChI=1S/C35H31FN8O2/c1-4-33(45)43-15-13-42(14-16-43)28-8-5-24(6-9-28)29-17-26(27-19-38-41(3)21-27)22-44-34(29)30(20-39-44)25-7-10-32(31(36)18-25)46-35-37-12-11-23(2)40-35/h4-12,17-22H,1,13-16H2,2-3H3. The van der Waals surface area contributed by atoms with Gasteiger partial charge in [0.2, 0.25) is 5.91 Å². The monoisotopic (exact) mass is 614 g/mol. The van der Waals surface area contributed by atoms with Crippen LogP contribution in [0.15, 0.2) is 98.2 Å². The van der Waals surface area contributed by atoms with E-state index in [1.165, 1.54) is 12.1 Å². The number of hydrogen-bond acceptors (Lipinski definition) is 7. The maximum absolute atomic E-state index is 15.4. The van der Waals surface area contributed by atoms with Crippen molar-refractivity contribution in [1.29, 1.82) is 0 Å². The lowest BCUT2D eigenvalue weighted by Gasteiger charge is -2.35. The van der Waals surface area contributed by atoms with E-state index in [4.69, 9.17) is 9.84 Å². The fraction of sp³-hybridized carbons (Fsp3) is 0.171. The van der Waals surface area contributed by atoms with Crippen LogP contribution in [0, 0.1) is 12.7 Å². The Hall–Kier alpha value is -5.84. The molecular weight excluding hydrogens is 583 g/mol. The van der Waals surface area contributed by atoms with E-state index in [2.05, 4.69) is 56.9 Å². The third kappa shape index (κ3) is 5.58. The second kappa shape index (κ2) is 11.9. The number of pyridine rings is 1. The summed E-state index contributed by atoms with van der Waals surface area (Å²) in [5.41, 5.74) is 7.91. The lowest BCUT2D eigenvalue weighted by Crippen LogP contribution is -2.48. The lowest BCUT2D eigenvalue weighted by molar-refractivity contribution is -0.126. The molecule has 0 radical (unpaired) electrons. The van der Waals surface area contributed by atoms with Crippen LogP contribution in [0.3, 0.4) is 0 Å². The van der Waals surface area contributed by atoms with E-state index in [0.717, 1.165) is 57.8 Å². The second-order valence-electron chi connectivity index (χ2n) is 11.2. The van der Waals surface area contributed by atoms with E-state index in [-0.39, 0.29) is 17.7 Å². The molecule has 0 saturated carbocycles. The van der Waals surface area contributed by atoms with Gasteiger partial charge in [-0.2, -0.15) is 10.2 Å². The van der Waals surface area contributed by atoms with E-state index >= 15 is 4.39 Å². The number of rotatable bonds is 7. The Morgan fingerprint density at radius 2 is 1.67 bits per heavy atom. The highest BCUT2D eigenvalue weighted by atomic mass is 19.1. The van der Waals surface area contributed by atoms with Crippen LogP contribution >= 0.6 is 0 Å². The zero-order chi connectivity index (χ0) is 31.8. The van der Waals surface area contributed by atoms with Crippen molar-refractivity contribution in [2.24, 2.45) is 7.05 Å². The Kier molecular flexibility index (Phi) is 7.49. The van der Waals surface area contributed by atoms with Crippen molar-refractivity contribution in [2.75, 3.05) is 31.1 Å². The summed E-state index contributed by atoms with van der Waals surface area (Å²) < 4.78 is 24.6. The van der Waals surface area contributed by atoms with Crippen LogP contribution < -0.4 is 9.64 Å². The van der Waals surface area contributed by atoms with Crippen LogP contribution in [0.5, 0.6) is 11.8 Å². The molecule has 6 aromatic rings. The molecule has 7 rings (SSSR count). The minimum atomic E-state index is -0.533. The lowest BCUT2D eigenvalue weighted by atomic mass is 9.97. The van der Waals surface area contributed by atoms with E-state index in [0.29, 0.717) is 18.7 Å². The van der Waals surface area contributed by atoms with Crippen LogP contribution in [-0.4, -0.2) is 66.3 Å². The third-order valence-electron chi connectivity index (χ3n) is 8.18. The van der Waals surface area contributed by atoms with Crippen molar-refractivity contribution in [1.82, 2.24) is 34.3 Å². The molecule has 11 heteroatoms. The number of ether oxygens (including phenoxy) is 1. The molecular formula is C35H31FN8O2. The summed E-state index contributed by atoms with van der Waals surface area (Å²) in [6.07, 6.45) is 10.4. The highest BCUT2D eigenvalue weighted by molar-refractivity contribution is 5.95. The van der Waals surface area contributed by atoms with Crippen molar-refractivity contribution in [2.45, 2.75) is 6.92 Å². The predicted octanol–water partition coefficient (Wildman–Crippen LogP) is 5.93. The maximum Gasteiger partial charge on any atom is 0.322 e. The number of benzene rings is 2. The first-order chi connectivity index (χ1) is 22.4. The minimum absolute atomic E-state index is 0.0357. The number of carbonyl (C=O) groups is 1. The Bertz CT molecular complexity index is 2080. The molecule has 1 saturated heterocycles. The molecule has 10 nitrogen and oxygen atoms in total. The summed E-state index contributed by atoms with van der Waals surface area (Å²) in [4.78, 5) is 24.4. The highest BCUT2D eigenvalue weighted by Gasteiger charge is 2.21. The Morgan fingerprint density at radius 1 is 0.891 bits per heavy atom. The summed E-state index contributed by atoms with van der Waals surface area (Å²) in [6.45, 7) is 8.21. The normalized spacial score (nSPS) is 13.3. The number of nitrogens with zero attached hydrogens (tertiary/aromatic N) is 8. The summed E-state index contributed by atoms with van der Waals surface area (Å²) in [5, 5.41) is 9.05. The number of halogens is 1. The zero-order valence-corrected chi connectivity index (χ0v) is 25.5. The van der Waals surface area contributed by atoms with Crippen LogP contribution in [-0.2, 0) is 11.8 Å². The number of aryl methyl sites for hydroxylation is 2. The van der Waals surface area contributed by atoms with E-state index in [1.807, 2.05) is 48.0 Å². The minimum Gasteiger partial charge on any atom is -0.421 e. The molecule has 1 aliphatic rings. The van der Waals surface area contributed by atoms with Crippen LogP contribution in [0.2, 0.25) is 0 Å². The number of aromatic nitrogens is 6. The number of hydrogen-bond donors (Lipinski definition) is 0. The van der Waals surface area contributed by atoms with Gasteiger partial charge in [0.15, 0.2) is 11.6 Å². The van der Waals surface area contributed by atoms with Gasteiger partial charge in [-0.3, -0.25) is 9.48 Å². The molecule has 4 aromatic heterocycles. The first-order valence-corrected chi connectivity index (χ1v) is 14.9. The van der Waals surface area contributed by atoms with Gasteiger partial charge in [0.25, 0.3) is 0 Å². The Labute approximate surface area is 265 Å². The van der Waals surface area contributed by atoms with Gasteiger partial charge in [0.1, 0.15) is 0 Å². The largest absolute Gasteiger partial charge is 0.421 e. The summed E-state index contributed by atoms with van der Waals surface area (Å²) in [5.74, 6) is -0.531. The fourth-order valence-electron chi connectivity index (χ4n) is 5.77. The molecule has 0 bridgehead atoms. The Morgan fingerprint density at radius 3 is 2.37 bits per heavy atom. The molecule has 1 aliphatic heterocycles. The molecule has 230 valence electrons. The van der Waals surface area contributed by atoms with Gasteiger partial charge >= 0.3 is 6.01 Å². The van der Waals surface area contributed by atoms with E-state index in [9.17, 15) is 4.79 Å². The number of piperazine rings is 1. The molecule has 1 fully saturated rings. The number of anilines is 1. The topological polar surface area (TPSA) is 93.7 Å². The van der Waals surface area contributed by atoms with Crippen LogP contribution in [0.1, 0.15) is 5.69 Å². The van der Waals surface area contributed by atoms with Gasteiger partial charge in [0, 0.05) is 85.5 Å². The first-order valence-electron chi connectivity index (χ1n) is 14.9. The van der Waals surface area contributed by atoms with Crippen molar-refractivity contribution >= 4 is 17.1 Å². The number of fused-ring (bicyclic) bond motifs is 1. The van der Waals surface area contributed by atoms with Crippen molar-refractivity contribution in [3.05, 3.63) is 110 Å². The molecule has 46 heavy (non-hydrogen) atoms. The first kappa shape index (κ1) is 28.9. The van der Waals surface area contributed by atoms with Gasteiger partial charge in [-0.05, 0) is 60.5 Å². The molecule has 0 unspecified atom stereocenters. The van der Waals surface area contributed by atoms with E-state index < -0.39 is 5.82 Å². The number of amides is 1. The summed E-state index contributed by atoms with van der Waals surface area (Å²) in [7, 11) is 1.88. The SMILES string of the molecule is C=CC(=O)N1CCN(c2ccc(-c3cc(-c4cnn(C)c4)cn4ncc(-c5ccc(Oc6nccc(C)n6)c(F)c5)c34)cc2)CC1. The van der Waals surface area contributed by atoms with Crippen LogP contribution in [0.4, 0.5) is 10.1 Å². The van der Waals surface area contributed by atoms with Gasteiger partial charge in [-0.25, -0.2) is 18.9 Å². The zero-order valence-electron chi connectivity index (χ0n) is 25.5. The smallest absolute Gasteiger partial charge is 0.322 e. The molecule has 0 atom stereocenters. The van der Waals surface area contributed by atoms with Crippen molar-refractivity contribution < 1.29 is 13.9 Å². The van der Waals surface area contributed by atoms with Gasteiger partial charge in [-0.1, -0.05) is 24.8 Å². The number of carbonyl (C=O) groups excluding carboxylic acids is 1. The molecule has 1 amide bonds. The summed E-state index contributed by atoms with van der Waals surface area (Å²) >= 11 is 0. The molecule has 0 aliphatic carbocycles. The van der Waals surface area contributed by atoms with Crippen molar-refractivity contribution in [3.8, 4) is 45.1 Å². The predicted molar refractivity (Wildman–Crippen MR) is 174 cm³/mol.